The minimum absolute atomic E-state index is 0.0109. The summed E-state index contributed by atoms with van der Waals surface area (Å²) in [5, 5.41) is 0. The Morgan fingerprint density at radius 3 is 1.47 bits per heavy atom. The predicted molar refractivity (Wildman–Crippen MR) is 247 cm³/mol. The first-order valence-electron chi connectivity index (χ1n) is 22.3. The molecular weight excluding hydrogens is 923 g/mol. The number of esters is 2. The molecule has 1 aromatic heterocycles. The van der Waals surface area contributed by atoms with Crippen LogP contribution in [0.4, 0.5) is 58.7 Å². The van der Waals surface area contributed by atoms with Crippen molar-refractivity contribution in [3.63, 3.8) is 0 Å². The van der Waals surface area contributed by atoms with Gasteiger partial charge in [0.2, 0.25) is 6.33 Å². The maximum atomic E-state index is 14.7. The number of halogens is 6. The van der Waals surface area contributed by atoms with Gasteiger partial charge < -0.3 is 30.7 Å². The number of nitrogen functional groups attached to an aromatic ring is 2. The zero-order valence-corrected chi connectivity index (χ0v) is 38.6. The highest BCUT2D eigenvalue weighted by atomic mass is 19.4. The summed E-state index contributed by atoms with van der Waals surface area (Å²) in [7, 11) is 0. The lowest BCUT2D eigenvalue weighted by molar-refractivity contribution is -0.696. The number of aromatic nitrogens is 2. The molecule has 2 aliphatic heterocycles. The van der Waals surface area contributed by atoms with Gasteiger partial charge in [-0.15, -0.1) is 0 Å². The molecule has 0 aliphatic carbocycles. The van der Waals surface area contributed by atoms with Crippen molar-refractivity contribution in [2.75, 3.05) is 47.6 Å². The van der Waals surface area contributed by atoms with E-state index in [0.717, 1.165) is 34.1 Å². The standard InChI is InChI=1S/C50H51F6N8O6/c1-5-69-45(65)41-31(3)63(39-12-7-10-35(28-39)49(51,52)53)47(67)61(43(41)33-14-18-37(57)19-15-33)23-9-22-59-24-25-60(30-59)26-27-62-44(34-16-20-38(58)21-17-34)42(46(66)70-6-2)32(4)64(48(62)68)40-13-8-11-36(29-40)50(54,55)56/h7-8,10-21,24-25,28-30,43-44H,5-6,9,22-23,26-27,57-58H2,1-4H3/q+1. The molecule has 4 N–H and O–H groups in total. The fraction of sp³-hybridized carbons (Fsp3) is 0.300. The quantitative estimate of drug-likeness (QED) is 0.0454. The summed E-state index contributed by atoms with van der Waals surface area (Å²) in [6, 6.07) is 18.2. The molecule has 0 saturated heterocycles. The summed E-state index contributed by atoms with van der Waals surface area (Å²) in [6.07, 6.45) is -3.94. The van der Waals surface area contributed by atoms with E-state index in [9.17, 15) is 45.5 Å². The average Bonchev–Trinajstić information content (AvgIpc) is 3.77. The maximum absolute atomic E-state index is 14.7. The highest BCUT2D eigenvalue weighted by molar-refractivity contribution is 6.04. The van der Waals surface area contributed by atoms with Gasteiger partial charge in [-0.25, -0.2) is 28.3 Å². The number of alkyl halides is 6. The molecule has 0 radical (unpaired) electrons. The van der Waals surface area contributed by atoms with Gasteiger partial charge in [0.05, 0.1) is 72.0 Å². The number of ether oxygens (including phenoxy) is 2. The molecular formula is C50H51F6N8O6+. The topological polar surface area (TPSA) is 161 Å². The van der Waals surface area contributed by atoms with E-state index in [4.69, 9.17) is 20.9 Å². The SMILES string of the molecule is CCOC(=O)C1=C(C)N(c2cccc(C(F)(F)F)c2)C(=O)N(CCC[n+]2ccn(CCN3C(=O)N(c4cccc(C(F)(F)F)c4)C(C)=C(C(=O)OCC)C3c3ccc(N)cc3)c2)C1c1ccc(N)cc1. The molecule has 2 aliphatic rings. The van der Waals surface area contributed by atoms with Crippen LogP contribution in [0.1, 0.15) is 68.5 Å². The Labute approximate surface area is 399 Å². The summed E-state index contributed by atoms with van der Waals surface area (Å²) in [5.74, 6) is -1.52. The number of rotatable bonds is 15. The van der Waals surface area contributed by atoms with Crippen LogP contribution in [-0.4, -0.2) is 64.7 Å². The van der Waals surface area contributed by atoms with Crippen molar-refractivity contribution in [3.05, 3.63) is 161 Å². The summed E-state index contributed by atoms with van der Waals surface area (Å²) >= 11 is 0. The van der Waals surface area contributed by atoms with E-state index in [-0.39, 0.29) is 73.2 Å². The Balaban J connectivity index is 1.18. The zero-order chi connectivity index (χ0) is 50.7. The molecule has 0 bridgehead atoms. The molecule has 20 heteroatoms. The lowest BCUT2D eigenvalue weighted by atomic mass is 9.92. The van der Waals surface area contributed by atoms with Gasteiger partial charge in [0.25, 0.3) is 0 Å². The number of carbonyl (C=O) groups excluding carboxylic acids is 4. The smallest absolute Gasteiger partial charge is 0.416 e. The number of carbonyl (C=O) groups is 4. The van der Waals surface area contributed by atoms with Crippen LogP contribution in [0, 0.1) is 0 Å². The van der Waals surface area contributed by atoms with E-state index in [2.05, 4.69) is 0 Å². The third kappa shape index (κ3) is 10.4. The fourth-order valence-electron chi connectivity index (χ4n) is 8.75. The number of benzene rings is 4. The van der Waals surface area contributed by atoms with Gasteiger partial charge in [0.15, 0.2) is 0 Å². The maximum Gasteiger partial charge on any atom is 0.416 e. The third-order valence-corrected chi connectivity index (χ3v) is 12.0. The van der Waals surface area contributed by atoms with Gasteiger partial charge in [-0.2, -0.15) is 26.3 Å². The molecule has 2 atom stereocenters. The Hall–Kier alpha value is -7.77. The number of anilines is 4. The van der Waals surface area contributed by atoms with Crippen LogP contribution in [0.2, 0.25) is 0 Å². The van der Waals surface area contributed by atoms with Gasteiger partial charge in [-0.1, -0.05) is 36.4 Å². The number of amides is 4. The van der Waals surface area contributed by atoms with Crippen molar-refractivity contribution < 1.29 is 59.6 Å². The molecule has 0 saturated carbocycles. The van der Waals surface area contributed by atoms with Crippen molar-refractivity contribution in [3.8, 4) is 0 Å². The Bertz CT molecular complexity index is 2820. The van der Waals surface area contributed by atoms with Crippen molar-refractivity contribution >= 4 is 46.8 Å². The Morgan fingerprint density at radius 1 is 0.629 bits per heavy atom. The van der Waals surface area contributed by atoms with Crippen LogP contribution in [-0.2, 0) is 44.5 Å². The van der Waals surface area contributed by atoms with E-state index in [1.807, 2.05) is 4.57 Å². The predicted octanol–water partition coefficient (Wildman–Crippen LogP) is 9.41. The molecule has 0 spiro atoms. The lowest BCUT2D eigenvalue weighted by Gasteiger charge is -2.43. The number of aryl methyl sites for hydroxylation is 1. The van der Waals surface area contributed by atoms with Crippen LogP contribution in [0.3, 0.4) is 0 Å². The van der Waals surface area contributed by atoms with E-state index >= 15 is 0 Å². The summed E-state index contributed by atoms with van der Waals surface area (Å²) < 4.78 is 98.2. The van der Waals surface area contributed by atoms with Gasteiger partial charge in [0, 0.05) is 35.7 Å². The van der Waals surface area contributed by atoms with Gasteiger partial charge in [0.1, 0.15) is 18.9 Å². The van der Waals surface area contributed by atoms with Crippen LogP contribution in [0.5, 0.6) is 0 Å². The molecule has 0 fully saturated rings. The number of urea groups is 2. The average molecular weight is 974 g/mol. The largest absolute Gasteiger partial charge is 0.463 e. The number of nitrogens with zero attached hydrogens (tertiary/aromatic N) is 6. The van der Waals surface area contributed by atoms with Crippen LogP contribution in [0.15, 0.2) is 138 Å². The number of imidazole rings is 1. The van der Waals surface area contributed by atoms with Crippen LogP contribution >= 0.6 is 0 Å². The molecule has 4 amide bonds. The first kappa shape index (κ1) is 50.1. The van der Waals surface area contributed by atoms with E-state index in [0.29, 0.717) is 29.0 Å². The Morgan fingerprint density at radius 2 is 1.06 bits per heavy atom. The summed E-state index contributed by atoms with van der Waals surface area (Å²) in [5.41, 5.74) is 12.0. The number of allylic oxidation sites excluding steroid dienone is 2. The minimum Gasteiger partial charge on any atom is -0.463 e. The number of hydrogen-bond acceptors (Lipinski definition) is 8. The molecule has 4 aromatic carbocycles. The fourth-order valence-corrected chi connectivity index (χ4v) is 8.75. The molecule has 368 valence electrons. The number of hydrogen-bond donors (Lipinski definition) is 2. The second kappa shape index (κ2) is 20.4. The Kier molecular flexibility index (Phi) is 14.6. The van der Waals surface area contributed by atoms with Crippen molar-refractivity contribution in [1.82, 2.24) is 14.4 Å². The van der Waals surface area contributed by atoms with Crippen molar-refractivity contribution in [1.29, 1.82) is 0 Å². The molecule has 3 heterocycles. The minimum atomic E-state index is -4.72. The first-order chi connectivity index (χ1) is 33.2. The monoisotopic (exact) mass is 973 g/mol. The van der Waals surface area contributed by atoms with E-state index < -0.39 is 59.6 Å². The van der Waals surface area contributed by atoms with E-state index in [1.54, 1.807) is 85.7 Å². The molecule has 70 heavy (non-hydrogen) atoms. The lowest BCUT2D eigenvalue weighted by Crippen LogP contribution is -2.52. The summed E-state index contributed by atoms with van der Waals surface area (Å²) in [6.45, 7) is 6.55. The molecule has 5 aromatic rings. The highest BCUT2D eigenvalue weighted by Gasteiger charge is 2.45. The van der Waals surface area contributed by atoms with Crippen LogP contribution < -0.4 is 25.8 Å². The molecule has 7 rings (SSSR count). The third-order valence-electron chi connectivity index (χ3n) is 12.0. The van der Waals surface area contributed by atoms with Gasteiger partial charge in [-0.05, 0) is 99.5 Å². The first-order valence-corrected chi connectivity index (χ1v) is 22.3. The second-order valence-electron chi connectivity index (χ2n) is 16.5. The van der Waals surface area contributed by atoms with Crippen LogP contribution in [0.25, 0.3) is 0 Å². The number of nitrogens with two attached hydrogens (primary N) is 2. The second-order valence-corrected chi connectivity index (χ2v) is 16.5. The normalized spacial score (nSPS) is 16.9. The highest BCUT2D eigenvalue weighted by Crippen LogP contribution is 2.43. The zero-order valence-electron chi connectivity index (χ0n) is 38.6. The van der Waals surface area contributed by atoms with Crippen molar-refractivity contribution in [2.45, 2.75) is 71.6 Å². The van der Waals surface area contributed by atoms with Gasteiger partial charge >= 0.3 is 36.4 Å². The molecule has 14 nitrogen and oxygen atoms in total. The van der Waals surface area contributed by atoms with E-state index in [1.165, 1.54) is 47.9 Å². The van der Waals surface area contributed by atoms with Gasteiger partial charge in [-0.3, -0.25) is 9.80 Å². The summed E-state index contributed by atoms with van der Waals surface area (Å²) in [4.78, 5) is 61.9. The molecule has 2 unspecified atom stereocenters. The van der Waals surface area contributed by atoms with Crippen molar-refractivity contribution in [2.24, 2.45) is 0 Å².